The van der Waals surface area contributed by atoms with E-state index in [1.165, 1.54) is 4.90 Å². The summed E-state index contributed by atoms with van der Waals surface area (Å²) in [4.78, 5) is 40.5. The number of nitrogens with one attached hydrogen (secondary N) is 1. The second-order valence-electron chi connectivity index (χ2n) is 8.73. The summed E-state index contributed by atoms with van der Waals surface area (Å²) in [6.45, 7) is 9.42. The third-order valence-electron chi connectivity index (χ3n) is 5.57. The van der Waals surface area contributed by atoms with E-state index in [2.05, 4.69) is 9.69 Å². The van der Waals surface area contributed by atoms with Crippen molar-refractivity contribution in [3.05, 3.63) is 64.1 Å². The van der Waals surface area contributed by atoms with Gasteiger partial charge in [0.25, 0.3) is 17.7 Å². The average Bonchev–Trinajstić information content (AvgIpc) is 3.37. The second kappa shape index (κ2) is 9.68. The van der Waals surface area contributed by atoms with E-state index >= 15 is 0 Å². The molecule has 0 saturated carbocycles. The topological polar surface area (TPSA) is 145 Å². The minimum Gasteiger partial charge on any atom is -0.464 e. The van der Waals surface area contributed by atoms with Crippen LogP contribution in [0.4, 0.5) is 11.4 Å². The minimum atomic E-state index is -1.15. The maximum absolute atomic E-state index is 13.9. The average molecular weight is 484 g/mol. The number of hydrogen-bond acceptors (Lipinski definition) is 7. The highest BCUT2D eigenvalue weighted by Crippen LogP contribution is 2.34. The van der Waals surface area contributed by atoms with Crippen LogP contribution in [0.25, 0.3) is 0 Å². The maximum Gasteiger partial charge on any atom is 0.273 e. The van der Waals surface area contributed by atoms with Crippen molar-refractivity contribution in [3.63, 3.8) is 0 Å². The van der Waals surface area contributed by atoms with Crippen LogP contribution in [0.2, 0.25) is 0 Å². The van der Waals surface area contributed by atoms with Gasteiger partial charge in [0.05, 0.1) is 5.69 Å². The molecule has 10 heteroatoms. The molecule has 3 aromatic rings. The first-order chi connectivity index (χ1) is 15.9. The first-order valence-corrected chi connectivity index (χ1v) is 11.6. The van der Waals surface area contributed by atoms with E-state index in [1.807, 2.05) is 39.8 Å². The van der Waals surface area contributed by atoms with Gasteiger partial charge in [-0.1, -0.05) is 24.6 Å². The van der Waals surface area contributed by atoms with Gasteiger partial charge in [0.2, 0.25) is 0 Å². The summed E-state index contributed by atoms with van der Waals surface area (Å²) in [6, 6.07) is 9.38. The number of furan rings is 1. The number of rotatable bonds is 8. The summed E-state index contributed by atoms with van der Waals surface area (Å²) in [5, 5.41) is 3.01. The van der Waals surface area contributed by atoms with E-state index in [0.717, 1.165) is 17.1 Å². The normalized spacial score (nSPS) is 12.3. The molecule has 2 heterocycles. The summed E-state index contributed by atoms with van der Waals surface area (Å²) in [5.41, 5.74) is 12.0. The molecule has 34 heavy (non-hydrogen) atoms. The second-order valence-corrected chi connectivity index (χ2v) is 9.50. The molecule has 0 bridgehead atoms. The molecule has 0 unspecified atom stereocenters. The highest BCUT2D eigenvalue weighted by molar-refractivity contribution is 7.09. The lowest BCUT2D eigenvalue weighted by molar-refractivity contribution is -0.124. The Morgan fingerprint density at radius 1 is 1.15 bits per heavy atom. The molecular formula is C24H29N5O4S. The van der Waals surface area contributed by atoms with Crippen LogP contribution in [-0.4, -0.2) is 27.6 Å². The quantitative estimate of drug-likeness (QED) is 0.445. The van der Waals surface area contributed by atoms with Gasteiger partial charge < -0.3 is 21.2 Å². The van der Waals surface area contributed by atoms with Crippen molar-refractivity contribution in [3.8, 4) is 0 Å². The van der Waals surface area contributed by atoms with Crippen LogP contribution in [0.5, 0.6) is 0 Å². The van der Waals surface area contributed by atoms with Gasteiger partial charge in [-0.05, 0) is 69.9 Å². The molecule has 0 aliphatic rings. The van der Waals surface area contributed by atoms with Gasteiger partial charge in [0, 0.05) is 11.2 Å². The largest absolute Gasteiger partial charge is 0.464 e. The first-order valence-electron chi connectivity index (χ1n) is 10.8. The summed E-state index contributed by atoms with van der Waals surface area (Å²) in [5.74, 6) is -0.986. The van der Waals surface area contributed by atoms with Gasteiger partial charge in [-0.25, -0.2) is 0 Å². The van der Waals surface area contributed by atoms with E-state index in [4.69, 9.17) is 15.9 Å². The van der Waals surface area contributed by atoms with Crippen molar-refractivity contribution in [2.75, 3.05) is 10.6 Å². The molecule has 0 aliphatic heterocycles. The van der Waals surface area contributed by atoms with Crippen LogP contribution in [0.3, 0.4) is 0 Å². The molecular weight excluding hydrogens is 454 g/mol. The molecule has 0 radical (unpaired) electrons. The van der Waals surface area contributed by atoms with Crippen molar-refractivity contribution in [2.24, 2.45) is 5.73 Å². The fourth-order valence-corrected chi connectivity index (χ4v) is 4.03. The number of carbonyl (C=O) groups is 3. The van der Waals surface area contributed by atoms with Crippen molar-refractivity contribution in [1.82, 2.24) is 9.69 Å². The smallest absolute Gasteiger partial charge is 0.273 e. The fraction of sp³-hybridized carbons (Fsp3) is 0.333. The zero-order valence-electron chi connectivity index (χ0n) is 19.8. The molecule has 1 atom stereocenters. The predicted molar refractivity (Wildman–Crippen MR) is 132 cm³/mol. The molecule has 3 rings (SSSR count). The van der Waals surface area contributed by atoms with E-state index < -0.39 is 29.3 Å². The van der Waals surface area contributed by atoms with E-state index in [1.54, 1.807) is 31.2 Å². The molecule has 0 saturated heterocycles. The molecule has 2 aromatic heterocycles. The summed E-state index contributed by atoms with van der Waals surface area (Å²) < 4.78 is 9.78. The number of aromatic nitrogens is 1. The monoisotopic (exact) mass is 483 g/mol. The molecule has 3 amide bonds. The number of anilines is 2. The third kappa shape index (κ3) is 5.12. The van der Waals surface area contributed by atoms with Gasteiger partial charge in [0.1, 0.15) is 16.4 Å². The van der Waals surface area contributed by atoms with Crippen molar-refractivity contribution in [1.29, 1.82) is 0 Å². The Kier molecular flexibility index (Phi) is 7.11. The Labute approximate surface area is 202 Å². The number of amides is 3. The number of aryl methyl sites for hydroxylation is 2. The molecule has 0 aliphatic carbocycles. The van der Waals surface area contributed by atoms with Crippen LogP contribution < -0.4 is 21.7 Å². The third-order valence-corrected chi connectivity index (χ3v) is 6.42. The minimum absolute atomic E-state index is 0.00482. The number of nitrogens with zero attached hydrogens (tertiary/aromatic N) is 2. The van der Waals surface area contributed by atoms with Gasteiger partial charge in [-0.15, -0.1) is 0 Å². The summed E-state index contributed by atoms with van der Waals surface area (Å²) in [6.07, 6.45) is 0.672. The zero-order valence-corrected chi connectivity index (χ0v) is 20.7. The highest BCUT2D eigenvalue weighted by Gasteiger charge is 2.39. The predicted octanol–water partition coefficient (Wildman–Crippen LogP) is 3.73. The molecule has 9 nitrogen and oxygen atoms in total. The van der Waals surface area contributed by atoms with Crippen molar-refractivity contribution >= 4 is 40.6 Å². The standard InChI is InChI=1S/C24H29N5O4S/c1-6-24(4,5)27-22(31)19(16-12-9-14(3)33-16)29(15-10-7-13(2)8-11-15)23(32)20-17(25)18(21(26)30)28-34-20/h7-12,19H,6,25H2,1-5H3,(H2,26,30)(H,27,31)/t19-/m0/s1. The molecule has 5 N–H and O–H groups in total. The molecule has 0 spiro atoms. The van der Waals surface area contributed by atoms with Crippen LogP contribution in [-0.2, 0) is 4.79 Å². The summed E-state index contributed by atoms with van der Waals surface area (Å²) >= 11 is 0.757. The summed E-state index contributed by atoms with van der Waals surface area (Å²) in [7, 11) is 0. The van der Waals surface area contributed by atoms with Crippen LogP contribution in [0.1, 0.15) is 70.5 Å². The Morgan fingerprint density at radius 2 is 1.79 bits per heavy atom. The number of benzene rings is 1. The van der Waals surface area contributed by atoms with Crippen LogP contribution >= 0.6 is 11.5 Å². The molecule has 1 aromatic carbocycles. The van der Waals surface area contributed by atoms with Crippen molar-refractivity contribution in [2.45, 2.75) is 52.6 Å². The van der Waals surface area contributed by atoms with Crippen LogP contribution in [0, 0.1) is 13.8 Å². The van der Waals surface area contributed by atoms with E-state index in [-0.39, 0.29) is 22.0 Å². The number of nitrogen functional groups attached to an aromatic ring is 1. The van der Waals surface area contributed by atoms with Crippen LogP contribution in [0.15, 0.2) is 40.8 Å². The van der Waals surface area contributed by atoms with Crippen molar-refractivity contribution < 1.29 is 18.8 Å². The lowest BCUT2D eigenvalue weighted by Gasteiger charge is -2.33. The lowest BCUT2D eigenvalue weighted by atomic mass is 10.0. The number of carbonyl (C=O) groups excluding carboxylic acids is 3. The number of nitrogens with two attached hydrogens (primary N) is 2. The first kappa shape index (κ1) is 25.0. The van der Waals surface area contributed by atoms with Gasteiger partial charge in [0.15, 0.2) is 11.7 Å². The Morgan fingerprint density at radius 3 is 2.29 bits per heavy atom. The maximum atomic E-state index is 13.9. The van der Waals surface area contributed by atoms with E-state index in [0.29, 0.717) is 17.9 Å². The highest BCUT2D eigenvalue weighted by atomic mass is 32.1. The molecule has 180 valence electrons. The molecule has 0 fully saturated rings. The van der Waals surface area contributed by atoms with Gasteiger partial charge in [-0.3, -0.25) is 19.3 Å². The lowest BCUT2D eigenvalue weighted by Crippen LogP contribution is -2.50. The fourth-order valence-electron chi connectivity index (χ4n) is 3.29. The Bertz CT molecular complexity index is 1210. The Balaban J connectivity index is 2.20. The zero-order chi connectivity index (χ0) is 25.2. The van der Waals surface area contributed by atoms with Gasteiger partial charge >= 0.3 is 0 Å². The number of primary amides is 1. The Hall–Kier alpha value is -3.66. The van der Waals surface area contributed by atoms with Gasteiger partial charge in [-0.2, -0.15) is 4.37 Å². The number of hydrogen-bond donors (Lipinski definition) is 3. The SMILES string of the molecule is CCC(C)(C)NC(=O)[C@H](c1ccc(C)o1)N(C(=O)c1snc(C(N)=O)c1N)c1ccc(C)cc1. The van der Waals surface area contributed by atoms with E-state index in [9.17, 15) is 14.4 Å².